The number of hydrogen-bond acceptors (Lipinski definition) is 8. The van der Waals surface area contributed by atoms with E-state index in [1.54, 1.807) is 54.6 Å². The average Bonchev–Trinajstić information content (AvgIpc) is 2.93. The number of aliphatic hydroxyl groups is 3. The van der Waals surface area contributed by atoms with Gasteiger partial charge in [0.05, 0.1) is 25.7 Å². The molecule has 2 aliphatic rings. The predicted molar refractivity (Wildman–Crippen MR) is 125 cm³/mol. The number of carbonyl (C=O) groups is 1. The van der Waals surface area contributed by atoms with Gasteiger partial charge >= 0.3 is 5.97 Å². The molecular formula is C25H22BrNO8. The zero-order valence-corrected chi connectivity index (χ0v) is 20.3. The molecule has 1 aliphatic carbocycles. The minimum atomic E-state index is -3.13. The van der Waals surface area contributed by atoms with Gasteiger partial charge in [-0.05, 0) is 17.7 Å². The van der Waals surface area contributed by atoms with Crippen molar-refractivity contribution in [2.45, 2.75) is 22.9 Å². The third-order valence-electron chi connectivity index (χ3n) is 6.95. The van der Waals surface area contributed by atoms with Gasteiger partial charge in [0.25, 0.3) is 0 Å². The summed E-state index contributed by atoms with van der Waals surface area (Å²) in [6.07, 6.45) is 0. The Morgan fingerprint density at radius 1 is 1.03 bits per heavy atom. The van der Waals surface area contributed by atoms with Crippen molar-refractivity contribution >= 4 is 21.9 Å². The van der Waals surface area contributed by atoms with E-state index in [0.29, 0.717) is 10.0 Å². The quantitative estimate of drug-likeness (QED) is 0.357. The maximum absolute atomic E-state index is 12.8. The van der Waals surface area contributed by atoms with Gasteiger partial charge in [-0.25, -0.2) is 0 Å². The highest BCUT2D eigenvalue weighted by Crippen LogP contribution is 2.71. The van der Waals surface area contributed by atoms with Crippen LogP contribution in [0, 0.1) is 5.92 Å². The number of pyridine rings is 1. The molecule has 1 fully saturated rings. The Hall–Kier alpha value is -3.18. The van der Waals surface area contributed by atoms with E-state index >= 15 is 0 Å². The monoisotopic (exact) mass is 543 g/mol. The zero-order chi connectivity index (χ0) is 25.2. The van der Waals surface area contributed by atoms with Crippen LogP contribution in [0.25, 0.3) is 0 Å². The largest absolute Gasteiger partial charge is 0.481 e. The first kappa shape index (κ1) is 23.6. The van der Waals surface area contributed by atoms with E-state index in [4.69, 9.17) is 14.2 Å². The summed E-state index contributed by atoms with van der Waals surface area (Å²) in [6.45, 7) is 0. The number of carboxylic acid groups (broad SMARTS) is 1. The van der Waals surface area contributed by atoms with Crippen molar-refractivity contribution in [2.24, 2.45) is 5.92 Å². The fourth-order valence-corrected chi connectivity index (χ4v) is 5.80. The number of benzene rings is 2. The molecule has 10 heteroatoms. The molecule has 4 N–H and O–H groups in total. The molecule has 1 aliphatic heterocycles. The normalized spacial score (nSPS) is 28.1. The molecule has 3 aromatic rings. The zero-order valence-electron chi connectivity index (χ0n) is 18.7. The van der Waals surface area contributed by atoms with Crippen LogP contribution in [-0.4, -0.2) is 51.4 Å². The SMILES string of the molecule is COc1cc2c(c(OC)n1)[C@]1(O)[C@@H](C(=O)O)[C@@H](c3ccccc3)C(c3ccc(Br)cc3)(O2)C1(O)O. The average molecular weight is 544 g/mol. The topological polar surface area (TPSA) is 139 Å². The molecule has 0 radical (unpaired) electrons. The Labute approximate surface area is 208 Å². The standard InChI is InChI=1S/C25H22BrNO8/c1-33-17-12-16-19(21(27-17)34-2)23(30)20(22(28)29)18(13-6-4-3-5-7-13)24(35-16,25(23,31)32)14-8-10-15(26)11-9-14/h3-12,18,20,30-32H,1-2H3,(H,28,29)/t18-,20-,23+,24?/m1/s1. The number of ether oxygens (including phenoxy) is 3. The summed E-state index contributed by atoms with van der Waals surface area (Å²) in [4.78, 5) is 17.0. The molecule has 1 aromatic heterocycles. The van der Waals surface area contributed by atoms with Crippen molar-refractivity contribution in [1.29, 1.82) is 0 Å². The van der Waals surface area contributed by atoms with E-state index in [1.807, 2.05) is 0 Å². The smallest absolute Gasteiger partial charge is 0.310 e. The molecule has 9 nitrogen and oxygen atoms in total. The van der Waals surface area contributed by atoms with Gasteiger partial charge in [-0.2, -0.15) is 4.98 Å². The number of carboxylic acids is 1. The van der Waals surface area contributed by atoms with Crippen LogP contribution in [0.15, 0.2) is 65.1 Å². The highest BCUT2D eigenvalue weighted by atomic mass is 79.9. The molecule has 5 rings (SSSR count). The van der Waals surface area contributed by atoms with Gasteiger partial charge in [0.15, 0.2) is 11.2 Å². The molecule has 2 bridgehead atoms. The van der Waals surface area contributed by atoms with Gasteiger partial charge in [-0.3, -0.25) is 4.79 Å². The summed E-state index contributed by atoms with van der Waals surface area (Å²) in [7, 11) is 2.64. The summed E-state index contributed by atoms with van der Waals surface area (Å²) >= 11 is 3.37. The van der Waals surface area contributed by atoms with E-state index in [1.165, 1.54) is 20.3 Å². The maximum Gasteiger partial charge on any atom is 0.310 e. The summed E-state index contributed by atoms with van der Waals surface area (Å²) in [5.74, 6) is -7.82. The summed E-state index contributed by atoms with van der Waals surface area (Å²) in [5, 5.41) is 46.3. The molecule has 35 heavy (non-hydrogen) atoms. The number of hydrogen-bond donors (Lipinski definition) is 4. The molecule has 0 amide bonds. The highest BCUT2D eigenvalue weighted by molar-refractivity contribution is 9.10. The number of aromatic nitrogens is 1. The van der Waals surface area contributed by atoms with Crippen LogP contribution in [0.3, 0.4) is 0 Å². The Bertz CT molecular complexity index is 1300. The third kappa shape index (κ3) is 2.91. The molecule has 1 unspecified atom stereocenters. The van der Waals surface area contributed by atoms with Gasteiger partial charge in [0.2, 0.25) is 17.5 Å². The van der Waals surface area contributed by atoms with Crippen LogP contribution >= 0.6 is 15.9 Å². The summed E-state index contributed by atoms with van der Waals surface area (Å²) < 4.78 is 17.7. The van der Waals surface area contributed by atoms with E-state index in [0.717, 1.165) is 0 Å². The van der Waals surface area contributed by atoms with E-state index in [9.17, 15) is 25.2 Å². The fourth-order valence-electron chi connectivity index (χ4n) is 5.54. The van der Waals surface area contributed by atoms with Crippen LogP contribution in [0.4, 0.5) is 0 Å². The second-order valence-electron chi connectivity index (χ2n) is 8.53. The number of rotatable bonds is 5. The number of aliphatic carboxylic acids is 1. The first-order chi connectivity index (χ1) is 16.6. The summed E-state index contributed by atoms with van der Waals surface area (Å²) in [6, 6.07) is 16.3. The van der Waals surface area contributed by atoms with E-state index < -0.39 is 34.8 Å². The van der Waals surface area contributed by atoms with Crippen molar-refractivity contribution in [2.75, 3.05) is 14.2 Å². The molecule has 0 saturated heterocycles. The number of fused-ring (bicyclic) bond motifs is 4. The van der Waals surface area contributed by atoms with Crippen LogP contribution in [0.5, 0.6) is 17.5 Å². The predicted octanol–water partition coefficient (Wildman–Crippen LogP) is 2.52. The van der Waals surface area contributed by atoms with Gasteiger partial charge in [0, 0.05) is 16.1 Å². The molecule has 1 saturated carbocycles. The molecule has 4 atom stereocenters. The lowest BCUT2D eigenvalue weighted by Gasteiger charge is -2.49. The van der Waals surface area contributed by atoms with Crippen LogP contribution in [0.1, 0.15) is 22.6 Å². The Morgan fingerprint density at radius 2 is 1.69 bits per heavy atom. The molecule has 0 spiro atoms. The lowest BCUT2D eigenvalue weighted by Crippen LogP contribution is -2.65. The maximum atomic E-state index is 12.8. The second kappa shape index (κ2) is 7.92. The number of methoxy groups -OCH3 is 2. The first-order valence-electron chi connectivity index (χ1n) is 10.7. The highest BCUT2D eigenvalue weighted by Gasteiger charge is 2.84. The van der Waals surface area contributed by atoms with Crippen LogP contribution in [-0.2, 0) is 16.0 Å². The third-order valence-corrected chi connectivity index (χ3v) is 7.48. The van der Waals surface area contributed by atoms with Gasteiger partial charge in [-0.1, -0.05) is 58.4 Å². The lowest BCUT2D eigenvalue weighted by molar-refractivity contribution is -0.341. The minimum Gasteiger partial charge on any atom is -0.481 e. The van der Waals surface area contributed by atoms with Gasteiger partial charge < -0.3 is 34.6 Å². The fraction of sp³-hybridized carbons (Fsp3) is 0.280. The van der Waals surface area contributed by atoms with Gasteiger partial charge in [-0.15, -0.1) is 0 Å². The van der Waals surface area contributed by atoms with Crippen LogP contribution in [0.2, 0.25) is 0 Å². The van der Waals surface area contributed by atoms with Crippen molar-refractivity contribution in [3.05, 3.63) is 81.8 Å². The Balaban J connectivity index is 1.95. The van der Waals surface area contributed by atoms with Gasteiger partial charge in [0.1, 0.15) is 11.7 Å². The van der Waals surface area contributed by atoms with Crippen molar-refractivity contribution < 1.29 is 39.4 Å². The minimum absolute atomic E-state index is 0.0393. The van der Waals surface area contributed by atoms with Crippen molar-refractivity contribution in [3.8, 4) is 17.5 Å². The van der Waals surface area contributed by atoms with E-state index in [2.05, 4.69) is 20.9 Å². The first-order valence-corrected chi connectivity index (χ1v) is 11.5. The molecule has 2 heterocycles. The summed E-state index contributed by atoms with van der Waals surface area (Å²) in [5.41, 5.74) is -4.54. The number of halogens is 1. The lowest BCUT2D eigenvalue weighted by atomic mass is 9.74. The van der Waals surface area contributed by atoms with Crippen molar-refractivity contribution in [3.63, 3.8) is 0 Å². The van der Waals surface area contributed by atoms with Crippen LogP contribution < -0.4 is 14.2 Å². The Morgan fingerprint density at radius 3 is 2.26 bits per heavy atom. The Kier molecular flexibility index (Phi) is 5.33. The second-order valence-corrected chi connectivity index (χ2v) is 9.45. The number of nitrogens with zero attached hydrogens (tertiary/aromatic N) is 1. The molecule has 2 aromatic carbocycles. The molecule has 182 valence electrons. The van der Waals surface area contributed by atoms with E-state index in [-0.39, 0.29) is 28.6 Å². The van der Waals surface area contributed by atoms with Crippen molar-refractivity contribution in [1.82, 2.24) is 4.98 Å². The molecular weight excluding hydrogens is 522 g/mol.